The van der Waals surface area contributed by atoms with Gasteiger partial charge in [-0.25, -0.2) is 13.2 Å². The molecule has 38 heavy (non-hydrogen) atoms. The first-order valence-corrected chi connectivity index (χ1v) is 16.1. The van der Waals surface area contributed by atoms with Crippen molar-refractivity contribution in [2.24, 2.45) is 5.41 Å². The Morgan fingerprint density at radius 1 is 1.13 bits per heavy atom. The van der Waals surface area contributed by atoms with Crippen molar-refractivity contribution < 1.29 is 27.8 Å². The molecule has 2 aromatic carbocycles. The van der Waals surface area contributed by atoms with Gasteiger partial charge in [0.05, 0.1) is 28.3 Å². The SMILES string of the molecule is CCCCC1(CCCC)CN(c2ccccc2)c2cc(SC)c(OCC(C)(O)C(=O)OC)cc2S(=O)(=O)C1. The standard InChI is InChI=1S/C29H41NO6S2/c1-6-8-15-29(16-9-7-2)19-30(22-13-11-10-12-14-22)23-17-25(37-5)24(18-26(23)38(33,34)21-29)36-20-28(3,32)27(31)35-4/h10-14,17-18,32H,6-9,15-16,19-21H2,1-5H3. The van der Waals surface area contributed by atoms with Crippen molar-refractivity contribution >= 4 is 38.9 Å². The molecule has 9 heteroatoms. The van der Waals surface area contributed by atoms with E-state index in [0.717, 1.165) is 49.1 Å². The fourth-order valence-electron chi connectivity index (χ4n) is 5.08. The van der Waals surface area contributed by atoms with Gasteiger partial charge in [0.1, 0.15) is 12.4 Å². The Balaban J connectivity index is 2.18. The van der Waals surface area contributed by atoms with E-state index in [2.05, 4.69) is 23.5 Å². The maximum Gasteiger partial charge on any atom is 0.341 e. The number of rotatable bonds is 12. The highest BCUT2D eigenvalue weighted by atomic mass is 32.2. The minimum absolute atomic E-state index is 0.0638. The molecule has 2 aromatic rings. The Bertz CT molecular complexity index is 1190. The second kappa shape index (κ2) is 12.7. The second-order valence-corrected chi connectivity index (χ2v) is 13.2. The highest BCUT2D eigenvalue weighted by Gasteiger charge is 2.43. The number of unbranched alkanes of at least 4 members (excludes halogenated alkanes) is 2. The molecule has 210 valence electrons. The van der Waals surface area contributed by atoms with Crippen molar-refractivity contribution in [1.82, 2.24) is 0 Å². The van der Waals surface area contributed by atoms with Crippen LogP contribution < -0.4 is 9.64 Å². The molecule has 0 spiro atoms. The van der Waals surface area contributed by atoms with Crippen LogP contribution in [0.2, 0.25) is 0 Å². The van der Waals surface area contributed by atoms with Crippen molar-refractivity contribution in [1.29, 1.82) is 0 Å². The molecular weight excluding hydrogens is 522 g/mol. The molecule has 1 heterocycles. The van der Waals surface area contributed by atoms with Crippen molar-refractivity contribution in [2.75, 3.05) is 37.2 Å². The average molecular weight is 564 g/mol. The summed E-state index contributed by atoms with van der Waals surface area (Å²) >= 11 is 1.42. The zero-order chi connectivity index (χ0) is 28.0. The molecule has 1 N–H and O–H groups in total. The molecule has 0 fully saturated rings. The number of esters is 1. The molecule has 1 aliphatic rings. The minimum Gasteiger partial charge on any atom is -0.489 e. The summed E-state index contributed by atoms with van der Waals surface area (Å²) in [6, 6.07) is 13.4. The first-order valence-electron chi connectivity index (χ1n) is 13.2. The molecule has 7 nitrogen and oxygen atoms in total. The Kier molecular flexibility index (Phi) is 10.2. The van der Waals surface area contributed by atoms with Crippen molar-refractivity contribution in [3.8, 4) is 5.75 Å². The fourth-order valence-corrected chi connectivity index (χ4v) is 7.74. The summed E-state index contributed by atoms with van der Waals surface area (Å²) in [5.41, 5.74) is -0.698. The summed E-state index contributed by atoms with van der Waals surface area (Å²) in [7, 11) is -2.50. The molecule has 0 saturated carbocycles. The number of sulfone groups is 1. The maximum atomic E-state index is 14.1. The number of ether oxygens (including phenoxy) is 2. The van der Waals surface area contributed by atoms with Gasteiger partial charge in [-0.2, -0.15) is 0 Å². The Morgan fingerprint density at radius 2 is 1.76 bits per heavy atom. The van der Waals surface area contributed by atoms with Gasteiger partial charge in [-0.15, -0.1) is 11.8 Å². The highest BCUT2D eigenvalue weighted by Crippen LogP contribution is 2.47. The quantitative estimate of drug-likeness (QED) is 0.248. The summed E-state index contributed by atoms with van der Waals surface area (Å²) in [6.45, 7) is 5.82. The van der Waals surface area contributed by atoms with E-state index in [-0.39, 0.29) is 17.3 Å². The van der Waals surface area contributed by atoms with Gasteiger partial charge < -0.3 is 19.5 Å². The molecule has 0 amide bonds. The van der Waals surface area contributed by atoms with Crippen molar-refractivity contribution in [3.05, 3.63) is 42.5 Å². The van der Waals surface area contributed by atoms with E-state index in [9.17, 15) is 18.3 Å². The van der Waals surface area contributed by atoms with Gasteiger partial charge in [-0.05, 0) is 44.2 Å². The fraction of sp³-hybridized carbons (Fsp3) is 0.552. The van der Waals surface area contributed by atoms with Gasteiger partial charge in [-0.3, -0.25) is 0 Å². The van der Waals surface area contributed by atoms with Gasteiger partial charge in [0.2, 0.25) is 0 Å². The van der Waals surface area contributed by atoms with Gasteiger partial charge >= 0.3 is 5.97 Å². The Hall–Kier alpha value is -2.23. The van der Waals surface area contributed by atoms with Crippen LogP contribution in [0.1, 0.15) is 59.3 Å². The monoisotopic (exact) mass is 563 g/mol. The first kappa shape index (κ1) is 30.3. The van der Waals surface area contributed by atoms with E-state index < -0.39 is 26.8 Å². The van der Waals surface area contributed by atoms with Crippen LogP contribution >= 0.6 is 11.8 Å². The van der Waals surface area contributed by atoms with Crippen molar-refractivity contribution in [2.45, 2.75) is 74.7 Å². The predicted molar refractivity (Wildman–Crippen MR) is 153 cm³/mol. The number of carbonyl (C=O) groups is 1. The summed E-state index contributed by atoms with van der Waals surface area (Å²) in [6.07, 6.45) is 7.48. The number of fused-ring (bicyclic) bond motifs is 1. The van der Waals surface area contributed by atoms with Crippen LogP contribution in [0.4, 0.5) is 11.4 Å². The third-order valence-electron chi connectivity index (χ3n) is 7.18. The number of thioether (sulfide) groups is 1. The van der Waals surface area contributed by atoms with Gasteiger partial charge in [0.25, 0.3) is 0 Å². The predicted octanol–water partition coefficient (Wildman–Crippen LogP) is 6.00. The maximum absolute atomic E-state index is 14.1. The molecule has 1 unspecified atom stereocenters. The zero-order valence-electron chi connectivity index (χ0n) is 23.2. The lowest BCUT2D eigenvalue weighted by atomic mass is 9.79. The molecule has 0 aliphatic carbocycles. The molecule has 1 atom stereocenters. The highest BCUT2D eigenvalue weighted by molar-refractivity contribution is 7.98. The molecule has 0 radical (unpaired) electrons. The number of carbonyl (C=O) groups excluding carboxylic acids is 1. The van der Waals surface area contributed by atoms with Gasteiger partial charge in [-0.1, -0.05) is 57.7 Å². The summed E-state index contributed by atoms with van der Waals surface area (Å²) in [5, 5.41) is 10.5. The van der Waals surface area contributed by atoms with E-state index in [1.165, 1.54) is 25.8 Å². The zero-order valence-corrected chi connectivity index (χ0v) is 24.8. The van der Waals surface area contributed by atoms with Crippen molar-refractivity contribution in [3.63, 3.8) is 0 Å². The summed E-state index contributed by atoms with van der Waals surface area (Å²) in [4.78, 5) is 15.1. The van der Waals surface area contributed by atoms with Crippen LogP contribution in [0, 0.1) is 5.41 Å². The summed E-state index contributed by atoms with van der Waals surface area (Å²) < 4.78 is 38.8. The molecule has 0 aromatic heterocycles. The van der Waals surface area contributed by atoms with E-state index in [4.69, 9.17) is 4.74 Å². The van der Waals surface area contributed by atoms with Crippen LogP contribution in [0.15, 0.2) is 52.3 Å². The molecule has 1 aliphatic heterocycles. The van der Waals surface area contributed by atoms with Crippen LogP contribution in [-0.4, -0.2) is 57.4 Å². The van der Waals surface area contributed by atoms with Crippen LogP contribution in [0.25, 0.3) is 0 Å². The smallest absolute Gasteiger partial charge is 0.341 e. The van der Waals surface area contributed by atoms with Crippen LogP contribution in [0.3, 0.4) is 0 Å². The van der Waals surface area contributed by atoms with Crippen LogP contribution in [0.5, 0.6) is 5.75 Å². The number of nitrogens with zero attached hydrogens (tertiary/aromatic N) is 1. The van der Waals surface area contributed by atoms with E-state index in [0.29, 0.717) is 18.0 Å². The number of para-hydroxylation sites is 1. The lowest BCUT2D eigenvalue weighted by Gasteiger charge is -2.37. The number of aliphatic hydroxyl groups is 1. The minimum atomic E-state index is -3.70. The Labute approximate surface area is 231 Å². The number of hydrogen-bond acceptors (Lipinski definition) is 8. The van der Waals surface area contributed by atoms with E-state index in [1.807, 2.05) is 42.7 Å². The number of hydrogen-bond donors (Lipinski definition) is 1. The largest absolute Gasteiger partial charge is 0.489 e. The van der Waals surface area contributed by atoms with E-state index in [1.54, 1.807) is 6.07 Å². The topological polar surface area (TPSA) is 93.1 Å². The molecule has 0 bridgehead atoms. The normalized spacial score (nSPS) is 17.7. The average Bonchev–Trinajstić information content (AvgIpc) is 3.00. The second-order valence-electron chi connectivity index (χ2n) is 10.4. The third-order valence-corrected chi connectivity index (χ3v) is 9.93. The lowest BCUT2D eigenvalue weighted by Crippen LogP contribution is -2.42. The Morgan fingerprint density at radius 3 is 2.32 bits per heavy atom. The first-order chi connectivity index (χ1) is 18.0. The lowest BCUT2D eigenvalue weighted by molar-refractivity contribution is -0.163. The number of benzene rings is 2. The number of anilines is 2. The van der Waals surface area contributed by atoms with Gasteiger partial charge in [0.15, 0.2) is 15.4 Å². The molecule has 3 rings (SSSR count). The van der Waals surface area contributed by atoms with E-state index >= 15 is 0 Å². The van der Waals surface area contributed by atoms with Crippen LogP contribution in [-0.2, 0) is 19.4 Å². The molecule has 0 saturated heterocycles. The summed E-state index contributed by atoms with van der Waals surface area (Å²) in [5.74, 6) is -0.446. The molecular formula is C29H41NO6S2. The third kappa shape index (κ3) is 6.85. The van der Waals surface area contributed by atoms with Gasteiger partial charge in [0, 0.05) is 23.7 Å². The number of methoxy groups -OCH3 is 1.